The van der Waals surface area contributed by atoms with Gasteiger partial charge in [0.2, 0.25) is 0 Å². The van der Waals surface area contributed by atoms with Crippen LogP contribution in [0.1, 0.15) is 61.4 Å². The largest absolute Gasteiger partial charge is 0.147 e. The monoisotopic (exact) mass is 688 g/mol. The number of hydrogen-bond donors (Lipinski definition) is 0. The zero-order valence-electron chi connectivity index (χ0n) is 26.0. The van der Waals surface area contributed by atoms with E-state index in [9.17, 15) is 0 Å². The molecule has 0 bridgehead atoms. The molecule has 0 heterocycles. The van der Waals surface area contributed by atoms with E-state index in [4.69, 9.17) is 0 Å². The third kappa shape index (κ3) is 5.32. The fraction of sp³-hybridized carbons (Fsp3) is 0.263. The van der Waals surface area contributed by atoms with E-state index in [-0.39, 0.29) is 24.8 Å². The van der Waals surface area contributed by atoms with Gasteiger partial charge in [-0.2, -0.15) is 0 Å². The molecule has 0 spiro atoms. The van der Waals surface area contributed by atoms with Crippen LogP contribution in [0.2, 0.25) is 9.26 Å². The minimum atomic E-state index is -3.63. The van der Waals surface area contributed by atoms with E-state index >= 15 is 0 Å². The average molecular weight is 691 g/mol. The summed E-state index contributed by atoms with van der Waals surface area (Å²) in [5.74, 6) is 0.516. The van der Waals surface area contributed by atoms with Gasteiger partial charge in [0.15, 0.2) is 0 Å². The summed E-state index contributed by atoms with van der Waals surface area (Å²) in [5.41, 5.74) is 17.5. The zero-order valence-corrected chi connectivity index (χ0v) is 31.5. The van der Waals surface area contributed by atoms with Gasteiger partial charge in [-0.25, -0.2) is 0 Å². The first-order valence-corrected chi connectivity index (χ1v) is 28.5. The molecule has 0 aromatic heterocycles. The Balaban J connectivity index is 0.00000202. The minimum absolute atomic E-state index is 0. The standard InChI is InChI=1S/C19H19.C17H15.2CH3.2ClH.H2Si.Zr/c1-13(2)17-11-16-5-4-6-18(19(16)12-17)15-9-7-14(3)8-10-15;1-12-10-16-13(2)8-9-15(17(16)11-12)14-6-4-3-5-7-14;;;;;;/h4-13H,1-3H3;3-11H,1-2H3;2*1H3;2*1H;1H2;. The van der Waals surface area contributed by atoms with E-state index in [0.717, 1.165) is 0 Å². The van der Waals surface area contributed by atoms with Crippen molar-refractivity contribution in [2.45, 2.75) is 51.1 Å². The molecule has 2 aliphatic rings. The van der Waals surface area contributed by atoms with Crippen molar-refractivity contribution in [2.24, 2.45) is 5.92 Å². The van der Waals surface area contributed by atoms with Gasteiger partial charge in [0.05, 0.1) is 0 Å². The number of benzene rings is 4. The third-order valence-electron chi connectivity index (χ3n) is 9.73. The molecule has 0 nitrogen and oxygen atoms in total. The van der Waals surface area contributed by atoms with Crippen LogP contribution < -0.4 is 0 Å². The molecule has 0 radical (unpaired) electrons. The quantitative estimate of drug-likeness (QED) is 0.183. The summed E-state index contributed by atoms with van der Waals surface area (Å²) in [4.78, 5) is 0. The van der Waals surface area contributed by atoms with E-state index in [1.54, 1.807) is 22.3 Å². The predicted octanol–water partition coefficient (Wildman–Crippen LogP) is 11.1. The van der Waals surface area contributed by atoms with Crippen molar-refractivity contribution >= 4 is 43.8 Å². The molecule has 2 aliphatic carbocycles. The van der Waals surface area contributed by atoms with E-state index in [0.29, 0.717) is 13.2 Å². The summed E-state index contributed by atoms with van der Waals surface area (Å²) < 4.78 is 6.58. The summed E-state index contributed by atoms with van der Waals surface area (Å²) in [5, 5.41) is 0. The molecule has 0 saturated heterocycles. The van der Waals surface area contributed by atoms with Crippen LogP contribution in [0.3, 0.4) is 0 Å². The SMILES string of the molecule is CC1=Cc2c(-c3ccccc3)ccc(C)c2[CH]1[Zr]([CH3])([CH3])(=[SiH2])[CH]1C(C(C)C)=Cc2c(-c3ccc(C)cc3)cccc21.Cl.Cl. The van der Waals surface area contributed by atoms with Gasteiger partial charge in [0.25, 0.3) is 0 Å². The number of fused-ring (bicyclic) bond motifs is 2. The van der Waals surface area contributed by atoms with Gasteiger partial charge in [0.1, 0.15) is 0 Å². The van der Waals surface area contributed by atoms with Crippen LogP contribution in [0, 0.1) is 19.8 Å². The molecule has 2 atom stereocenters. The van der Waals surface area contributed by atoms with Crippen LogP contribution in [-0.2, 0) is 17.4 Å². The second-order valence-electron chi connectivity index (χ2n) is 13.8. The molecule has 218 valence electrons. The Labute approximate surface area is 268 Å². The fourth-order valence-electron chi connectivity index (χ4n) is 8.05. The summed E-state index contributed by atoms with van der Waals surface area (Å²) in [7, 11) is 0. The van der Waals surface area contributed by atoms with Gasteiger partial charge in [-0.05, 0) is 0 Å². The van der Waals surface area contributed by atoms with Gasteiger partial charge in [-0.1, -0.05) is 0 Å². The van der Waals surface area contributed by atoms with E-state index in [1.165, 1.54) is 44.5 Å². The van der Waals surface area contributed by atoms with E-state index in [1.807, 2.05) is 0 Å². The second kappa shape index (κ2) is 11.9. The Kier molecular flexibility index (Phi) is 9.30. The van der Waals surface area contributed by atoms with Gasteiger partial charge in [0, 0.05) is 0 Å². The first-order chi connectivity index (χ1) is 19.0. The molecular formula is C38H44Cl2SiZr. The van der Waals surface area contributed by atoms with Crippen LogP contribution in [0.15, 0.2) is 96.1 Å². The van der Waals surface area contributed by atoms with Gasteiger partial charge in [-0.15, -0.1) is 24.8 Å². The number of allylic oxidation sites excluding steroid dienone is 2. The Morgan fingerprint density at radius 1 is 0.643 bits per heavy atom. The summed E-state index contributed by atoms with van der Waals surface area (Å²) in [6.45, 7) is 14.2. The molecule has 6 rings (SSSR count). The Morgan fingerprint density at radius 3 is 1.90 bits per heavy atom. The molecule has 0 aliphatic heterocycles. The summed E-state index contributed by atoms with van der Waals surface area (Å²) >= 11 is -3.63. The van der Waals surface area contributed by atoms with Crippen LogP contribution in [0.25, 0.3) is 34.4 Å². The number of hydrogen-bond acceptors (Lipinski definition) is 0. The number of aryl methyl sites for hydroxylation is 2. The van der Waals surface area contributed by atoms with Gasteiger partial charge < -0.3 is 0 Å². The average Bonchev–Trinajstić information content (AvgIpc) is 3.50. The van der Waals surface area contributed by atoms with Crippen molar-refractivity contribution < 1.29 is 17.4 Å². The van der Waals surface area contributed by atoms with Gasteiger partial charge in [-0.3, -0.25) is 0 Å². The van der Waals surface area contributed by atoms with Crippen LogP contribution in [0.5, 0.6) is 0 Å². The molecule has 0 N–H and O–H groups in total. The third-order valence-corrected chi connectivity index (χ3v) is 27.3. The normalized spacial score (nSPS) is 17.5. The molecule has 0 amide bonds. The summed E-state index contributed by atoms with van der Waals surface area (Å²) in [6.07, 6.45) is 5.14. The maximum absolute atomic E-state index is 3.63. The van der Waals surface area contributed by atoms with E-state index < -0.39 is 17.4 Å². The van der Waals surface area contributed by atoms with E-state index in [2.05, 4.69) is 148 Å². The first kappa shape index (κ1) is 32.9. The predicted molar refractivity (Wildman–Crippen MR) is 190 cm³/mol. The fourth-order valence-corrected chi connectivity index (χ4v) is 28.7. The number of halogens is 2. The first-order valence-electron chi connectivity index (χ1n) is 14.8. The maximum atomic E-state index is 2.76. The van der Waals surface area contributed by atoms with Crippen molar-refractivity contribution in [3.63, 3.8) is 0 Å². The molecule has 0 saturated carbocycles. The van der Waals surface area contributed by atoms with Gasteiger partial charge >= 0.3 is 245 Å². The topological polar surface area (TPSA) is 0 Å². The Bertz CT molecular complexity index is 1770. The Morgan fingerprint density at radius 2 is 1.26 bits per heavy atom. The summed E-state index contributed by atoms with van der Waals surface area (Å²) in [6, 6.07) is 31.9. The molecule has 0 fully saturated rings. The van der Waals surface area contributed by atoms with Crippen LogP contribution >= 0.6 is 24.8 Å². The molecule has 4 aromatic rings. The smallest absolute Gasteiger partial charge is 0.147 e. The minimum Gasteiger partial charge on any atom is -0.147 e. The Hall–Kier alpha value is -1.96. The van der Waals surface area contributed by atoms with Crippen molar-refractivity contribution in [3.8, 4) is 22.3 Å². The van der Waals surface area contributed by atoms with Crippen molar-refractivity contribution in [3.05, 3.63) is 129 Å². The number of rotatable bonds is 5. The molecule has 2 unspecified atom stereocenters. The van der Waals surface area contributed by atoms with Crippen LogP contribution in [-0.4, -0.2) is 6.88 Å². The second-order valence-corrected chi connectivity index (χ2v) is 44.3. The van der Waals surface area contributed by atoms with Crippen molar-refractivity contribution in [2.75, 3.05) is 0 Å². The molecule has 4 aromatic carbocycles. The molecular weight excluding hydrogens is 647 g/mol. The van der Waals surface area contributed by atoms with Crippen LogP contribution in [0.4, 0.5) is 0 Å². The molecule has 4 heteroatoms. The van der Waals surface area contributed by atoms with Crippen molar-refractivity contribution in [1.82, 2.24) is 0 Å². The molecule has 42 heavy (non-hydrogen) atoms. The zero-order chi connectivity index (χ0) is 28.4. The van der Waals surface area contributed by atoms with Crippen molar-refractivity contribution in [1.29, 1.82) is 0 Å². The maximum Gasteiger partial charge on any atom is -0.147 e.